The van der Waals surface area contributed by atoms with Gasteiger partial charge in [-0.2, -0.15) is 0 Å². The Balaban J connectivity index is 1.88. The Bertz CT molecular complexity index is 744. The van der Waals surface area contributed by atoms with Crippen LogP contribution in [0.2, 0.25) is 0 Å². The molecule has 26 heavy (non-hydrogen) atoms. The molecule has 0 saturated heterocycles. The highest BCUT2D eigenvalue weighted by molar-refractivity contribution is 8.00. The summed E-state index contributed by atoms with van der Waals surface area (Å²) in [6.07, 6.45) is 0.707. The zero-order valence-electron chi connectivity index (χ0n) is 15.4. The minimum absolute atomic E-state index is 0.0725. The van der Waals surface area contributed by atoms with Crippen LogP contribution in [-0.4, -0.2) is 46.2 Å². The summed E-state index contributed by atoms with van der Waals surface area (Å²) in [4.78, 5) is 24.2. The topological polar surface area (TPSA) is 89.0 Å². The van der Waals surface area contributed by atoms with E-state index < -0.39 is 0 Å². The fourth-order valence-corrected chi connectivity index (χ4v) is 3.37. The van der Waals surface area contributed by atoms with Crippen molar-refractivity contribution < 1.29 is 9.53 Å². The molecule has 2 atom stereocenters. The first-order valence-electron chi connectivity index (χ1n) is 8.66. The maximum Gasteiger partial charge on any atom is 0.343 e. The van der Waals surface area contributed by atoms with Crippen LogP contribution in [0.1, 0.15) is 31.7 Å². The minimum atomic E-state index is -0.352. The summed E-state index contributed by atoms with van der Waals surface area (Å²) in [6, 6.07) is 10.1. The molecule has 0 spiro atoms. The van der Waals surface area contributed by atoms with Crippen LogP contribution in [0, 0.1) is 0 Å². The number of H-pyrrole nitrogens is 1. The first kappa shape index (κ1) is 20.3. The second kappa shape index (κ2) is 10.2. The van der Waals surface area contributed by atoms with Crippen molar-refractivity contribution in [3.63, 3.8) is 0 Å². The van der Waals surface area contributed by atoms with Gasteiger partial charge in [-0.1, -0.05) is 49.0 Å². The van der Waals surface area contributed by atoms with Gasteiger partial charge in [-0.05, 0) is 24.8 Å². The number of nitrogens with one attached hydrogen (secondary N) is 2. The second-order valence-electron chi connectivity index (χ2n) is 6.13. The van der Waals surface area contributed by atoms with Gasteiger partial charge in [0.1, 0.15) is 0 Å². The fraction of sp³-hybridized carbons (Fsp3) is 0.500. The molecular formula is C18H26N4O3S. The fourth-order valence-electron chi connectivity index (χ4n) is 2.47. The van der Waals surface area contributed by atoms with Crippen LogP contribution in [0.3, 0.4) is 0 Å². The molecule has 0 aliphatic carbocycles. The molecule has 7 nitrogen and oxygen atoms in total. The quantitative estimate of drug-likeness (QED) is 0.488. The molecule has 2 unspecified atom stereocenters. The number of carbonyl (C=O) groups is 1. The third-order valence-electron chi connectivity index (χ3n) is 4.06. The molecule has 0 aliphatic heterocycles. The number of nitrogens with zero attached hydrogens (tertiary/aromatic N) is 2. The van der Waals surface area contributed by atoms with Crippen molar-refractivity contribution >= 4 is 17.7 Å². The van der Waals surface area contributed by atoms with Crippen molar-refractivity contribution in [2.45, 2.75) is 43.1 Å². The van der Waals surface area contributed by atoms with Crippen LogP contribution in [0.4, 0.5) is 0 Å². The van der Waals surface area contributed by atoms with E-state index in [1.807, 2.05) is 25.1 Å². The van der Waals surface area contributed by atoms with Gasteiger partial charge in [-0.25, -0.2) is 9.89 Å². The van der Waals surface area contributed by atoms with E-state index in [0.717, 1.165) is 0 Å². The van der Waals surface area contributed by atoms with Gasteiger partial charge < -0.3 is 10.1 Å². The van der Waals surface area contributed by atoms with Gasteiger partial charge in [0.25, 0.3) is 0 Å². The Morgan fingerprint density at radius 3 is 2.77 bits per heavy atom. The number of aromatic nitrogens is 3. The lowest BCUT2D eigenvalue weighted by atomic mass is 10.0. The molecule has 0 saturated carbocycles. The smallest absolute Gasteiger partial charge is 0.343 e. The first-order chi connectivity index (χ1) is 12.5. The van der Waals surface area contributed by atoms with E-state index in [4.69, 9.17) is 4.74 Å². The largest absolute Gasteiger partial charge is 0.385 e. The summed E-state index contributed by atoms with van der Waals surface area (Å²) in [5, 5.41) is 9.61. The second-order valence-corrected chi connectivity index (χ2v) is 7.43. The standard InChI is InChI=1S/C18H26N4O3S/c1-13(15-8-5-4-6-9-15)12-19-16(23)14(2)26-18-21-20-17(24)22(18)10-7-11-25-3/h4-6,8-9,13-14H,7,10-12H2,1-3H3,(H,19,23)(H,20,24). The molecule has 0 radical (unpaired) electrons. The van der Waals surface area contributed by atoms with E-state index >= 15 is 0 Å². The van der Waals surface area contributed by atoms with E-state index in [0.29, 0.717) is 31.3 Å². The summed E-state index contributed by atoms with van der Waals surface area (Å²) in [6.45, 7) is 5.52. The van der Waals surface area contributed by atoms with Crippen LogP contribution in [0.25, 0.3) is 0 Å². The lowest BCUT2D eigenvalue weighted by molar-refractivity contribution is -0.120. The normalized spacial score (nSPS) is 13.3. The molecule has 8 heteroatoms. The summed E-state index contributed by atoms with van der Waals surface area (Å²) in [5.74, 6) is 0.159. The Morgan fingerprint density at radius 1 is 1.35 bits per heavy atom. The van der Waals surface area contributed by atoms with E-state index in [-0.39, 0.29) is 22.8 Å². The molecule has 1 aromatic heterocycles. The number of methoxy groups -OCH3 is 1. The lowest BCUT2D eigenvalue weighted by Gasteiger charge is -2.16. The first-order valence-corrected chi connectivity index (χ1v) is 9.54. The van der Waals surface area contributed by atoms with Gasteiger partial charge in [-0.15, -0.1) is 5.10 Å². The van der Waals surface area contributed by atoms with Crippen LogP contribution in [-0.2, 0) is 16.1 Å². The summed E-state index contributed by atoms with van der Waals surface area (Å²) < 4.78 is 6.55. The molecule has 0 fully saturated rings. The van der Waals surface area contributed by atoms with E-state index in [1.54, 1.807) is 11.7 Å². The SMILES string of the molecule is COCCCn1c(SC(C)C(=O)NCC(C)c2ccccc2)n[nH]c1=O. The molecule has 2 aromatic rings. The van der Waals surface area contributed by atoms with Crippen molar-refractivity contribution in [2.75, 3.05) is 20.3 Å². The number of carbonyl (C=O) groups excluding carboxylic acids is 1. The number of rotatable bonds is 10. The van der Waals surface area contributed by atoms with Crippen LogP contribution < -0.4 is 11.0 Å². The van der Waals surface area contributed by atoms with Gasteiger partial charge >= 0.3 is 5.69 Å². The maximum absolute atomic E-state index is 12.4. The summed E-state index contributed by atoms with van der Waals surface area (Å²) >= 11 is 1.27. The van der Waals surface area contributed by atoms with Gasteiger partial charge in [0.15, 0.2) is 5.16 Å². The zero-order valence-corrected chi connectivity index (χ0v) is 16.2. The maximum atomic E-state index is 12.4. The molecule has 2 N–H and O–H groups in total. The monoisotopic (exact) mass is 378 g/mol. The number of amides is 1. The van der Waals surface area contributed by atoms with E-state index in [9.17, 15) is 9.59 Å². The Morgan fingerprint density at radius 2 is 2.08 bits per heavy atom. The third-order valence-corrected chi connectivity index (χ3v) is 5.15. The summed E-state index contributed by atoms with van der Waals surface area (Å²) in [5.41, 5.74) is 0.918. The predicted molar refractivity (Wildman–Crippen MR) is 103 cm³/mol. The number of benzene rings is 1. The van der Waals surface area contributed by atoms with Crippen molar-refractivity contribution in [3.8, 4) is 0 Å². The molecule has 1 aromatic carbocycles. The van der Waals surface area contributed by atoms with E-state index in [2.05, 4.69) is 34.6 Å². The molecule has 2 rings (SSSR count). The van der Waals surface area contributed by atoms with Gasteiger partial charge in [0.2, 0.25) is 5.91 Å². The minimum Gasteiger partial charge on any atom is -0.385 e. The number of hydrogen-bond donors (Lipinski definition) is 2. The Hall–Kier alpha value is -2.06. The molecule has 142 valence electrons. The van der Waals surface area contributed by atoms with Crippen molar-refractivity contribution in [2.24, 2.45) is 0 Å². The molecule has 0 bridgehead atoms. The third kappa shape index (κ3) is 5.74. The highest BCUT2D eigenvalue weighted by Crippen LogP contribution is 2.20. The number of aromatic amines is 1. The highest BCUT2D eigenvalue weighted by atomic mass is 32.2. The van der Waals surface area contributed by atoms with Crippen molar-refractivity contribution in [1.29, 1.82) is 0 Å². The van der Waals surface area contributed by atoms with Gasteiger partial charge in [-0.3, -0.25) is 9.36 Å². The van der Waals surface area contributed by atoms with Gasteiger partial charge in [0.05, 0.1) is 5.25 Å². The average molecular weight is 378 g/mol. The van der Waals surface area contributed by atoms with Crippen molar-refractivity contribution in [3.05, 3.63) is 46.4 Å². The lowest BCUT2D eigenvalue weighted by Crippen LogP contribution is -2.34. The number of hydrogen-bond acceptors (Lipinski definition) is 5. The predicted octanol–water partition coefficient (Wildman–Crippen LogP) is 2.01. The van der Waals surface area contributed by atoms with Crippen LogP contribution in [0.15, 0.2) is 40.3 Å². The molecule has 0 aliphatic rings. The molecular weight excluding hydrogens is 352 g/mol. The van der Waals surface area contributed by atoms with Crippen LogP contribution in [0.5, 0.6) is 0 Å². The van der Waals surface area contributed by atoms with E-state index in [1.165, 1.54) is 17.3 Å². The molecule has 1 amide bonds. The number of thioether (sulfide) groups is 1. The number of ether oxygens (including phenoxy) is 1. The summed E-state index contributed by atoms with van der Waals surface area (Å²) in [7, 11) is 1.62. The van der Waals surface area contributed by atoms with Gasteiger partial charge in [0, 0.05) is 26.8 Å². The Labute approximate surface area is 157 Å². The Kier molecular flexibility index (Phi) is 7.93. The van der Waals surface area contributed by atoms with Crippen LogP contribution >= 0.6 is 11.8 Å². The zero-order chi connectivity index (χ0) is 18.9. The van der Waals surface area contributed by atoms with Crippen molar-refractivity contribution in [1.82, 2.24) is 20.1 Å². The average Bonchev–Trinajstić information content (AvgIpc) is 3.00. The highest BCUT2D eigenvalue weighted by Gasteiger charge is 2.19. The molecule has 1 heterocycles.